The van der Waals surface area contributed by atoms with Crippen molar-refractivity contribution in [3.63, 3.8) is 0 Å². The lowest BCUT2D eigenvalue weighted by molar-refractivity contribution is -0.201. The molecule has 2 aliphatic heterocycles. The fraction of sp³-hybridized carbons (Fsp3) is 0.571. The van der Waals surface area contributed by atoms with Crippen molar-refractivity contribution in [2.24, 2.45) is 11.8 Å². The van der Waals surface area contributed by atoms with E-state index in [1.54, 1.807) is 0 Å². The summed E-state index contributed by atoms with van der Waals surface area (Å²) in [5, 5.41) is -1.81. The van der Waals surface area contributed by atoms with Crippen molar-refractivity contribution in [2.45, 2.75) is 38.4 Å². The van der Waals surface area contributed by atoms with Crippen molar-refractivity contribution in [3.8, 4) is 0 Å². The summed E-state index contributed by atoms with van der Waals surface area (Å²) in [6, 6.07) is 0. The smallest absolute Gasteiger partial charge is 0.331 e. The van der Waals surface area contributed by atoms with Crippen LogP contribution in [0.5, 0.6) is 0 Å². The molecule has 2 rings (SSSR count). The summed E-state index contributed by atoms with van der Waals surface area (Å²) >= 11 is 0. The van der Waals surface area contributed by atoms with Crippen LogP contribution in [0.3, 0.4) is 0 Å². The SMILES string of the molecule is CC(=O)ON1C(=O)CC(CC(C)C(=O)ON2C(=O)CC(S(=O)(=O)O)C2=O)C1=O. The first-order valence-corrected chi connectivity index (χ1v) is 9.43. The predicted octanol–water partition coefficient (Wildman–Crippen LogP) is -1.66. The number of rotatable bonds is 6. The van der Waals surface area contributed by atoms with E-state index in [1.165, 1.54) is 6.92 Å². The third-order valence-electron chi connectivity index (χ3n) is 4.06. The van der Waals surface area contributed by atoms with E-state index in [1.807, 2.05) is 0 Å². The average Bonchev–Trinajstić information content (AvgIpc) is 2.99. The summed E-state index contributed by atoms with van der Waals surface area (Å²) in [6.07, 6.45) is -1.43. The molecule has 0 spiro atoms. The Bertz CT molecular complexity index is 865. The highest BCUT2D eigenvalue weighted by Crippen LogP contribution is 2.28. The fourth-order valence-electron chi connectivity index (χ4n) is 2.69. The average molecular weight is 420 g/mol. The number of amides is 4. The van der Waals surface area contributed by atoms with Crippen molar-refractivity contribution in [1.82, 2.24) is 10.1 Å². The lowest BCUT2D eigenvalue weighted by atomic mass is 9.94. The molecule has 13 nitrogen and oxygen atoms in total. The molecule has 14 heteroatoms. The van der Waals surface area contributed by atoms with E-state index in [0.29, 0.717) is 5.06 Å². The highest BCUT2D eigenvalue weighted by atomic mass is 32.2. The van der Waals surface area contributed by atoms with Crippen LogP contribution in [0.4, 0.5) is 0 Å². The van der Waals surface area contributed by atoms with Crippen molar-refractivity contribution < 1.29 is 51.4 Å². The van der Waals surface area contributed by atoms with Gasteiger partial charge in [-0.15, -0.1) is 10.1 Å². The van der Waals surface area contributed by atoms with Crippen LogP contribution < -0.4 is 0 Å². The summed E-state index contributed by atoms with van der Waals surface area (Å²) in [5.41, 5.74) is 0. The maximum Gasteiger partial charge on any atom is 0.335 e. The number of hydrogen-bond acceptors (Lipinski definition) is 10. The molecule has 0 radical (unpaired) electrons. The van der Waals surface area contributed by atoms with Crippen LogP contribution in [-0.2, 0) is 48.6 Å². The zero-order chi connectivity index (χ0) is 21.4. The molecule has 3 atom stereocenters. The number of carbonyl (C=O) groups is 6. The summed E-state index contributed by atoms with van der Waals surface area (Å²) in [5.74, 6) is -8.25. The molecule has 2 aliphatic rings. The molecule has 0 bridgehead atoms. The van der Waals surface area contributed by atoms with Gasteiger partial charge in [-0.25, -0.2) is 9.59 Å². The van der Waals surface area contributed by atoms with E-state index in [2.05, 4.69) is 9.68 Å². The van der Waals surface area contributed by atoms with E-state index in [0.717, 1.165) is 6.92 Å². The molecule has 0 saturated carbocycles. The minimum Gasteiger partial charge on any atom is -0.331 e. The molecular weight excluding hydrogens is 404 g/mol. The van der Waals surface area contributed by atoms with E-state index in [9.17, 15) is 37.2 Å². The molecule has 4 amide bonds. The van der Waals surface area contributed by atoms with Crippen LogP contribution in [0.2, 0.25) is 0 Å². The number of imide groups is 2. The standard InChI is InChI=1S/C14H16N2O11S/c1-6(3-8-4-10(18)15(12(8)20)26-7(2)17)14(22)27-16-11(19)5-9(13(16)21)28(23,24)25/h6,8-9H,3-5H2,1-2H3,(H,23,24,25). The molecule has 1 N–H and O–H groups in total. The third-order valence-corrected chi connectivity index (χ3v) is 5.15. The Labute approximate surface area is 158 Å². The molecule has 0 aromatic heterocycles. The Hall–Kier alpha value is -2.87. The predicted molar refractivity (Wildman–Crippen MR) is 83.4 cm³/mol. The van der Waals surface area contributed by atoms with Crippen molar-refractivity contribution in [1.29, 1.82) is 0 Å². The van der Waals surface area contributed by atoms with Gasteiger partial charge in [-0.05, 0) is 6.42 Å². The molecule has 28 heavy (non-hydrogen) atoms. The van der Waals surface area contributed by atoms with Crippen LogP contribution in [0.15, 0.2) is 0 Å². The van der Waals surface area contributed by atoms with Crippen LogP contribution in [-0.4, -0.2) is 63.9 Å². The molecule has 3 unspecified atom stereocenters. The zero-order valence-corrected chi connectivity index (χ0v) is 15.5. The monoisotopic (exact) mass is 420 g/mol. The molecule has 154 valence electrons. The second kappa shape index (κ2) is 7.63. The Morgan fingerprint density at radius 1 is 1.07 bits per heavy atom. The van der Waals surface area contributed by atoms with Crippen LogP contribution >= 0.6 is 0 Å². The maximum atomic E-state index is 12.1. The maximum absolute atomic E-state index is 12.1. The minimum atomic E-state index is -4.85. The number of hydroxylamine groups is 4. The van der Waals surface area contributed by atoms with Crippen LogP contribution in [0.1, 0.15) is 33.1 Å². The van der Waals surface area contributed by atoms with Gasteiger partial charge in [0.15, 0.2) is 5.25 Å². The van der Waals surface area contributed by atoms with E-state index >= 15 is 0 Å². The second-order valence-electron chi connectivity index (χ2n) is 6.29. The normalized spacial score (nSPS) is 24.0. The van der Waals surface area contributed by atoms with Gasteiger partial charge in [0.1, 0.15) is 0 Å². The lowest BCUT2D eigenvalue weighted by Crippen LogP contribution is -2.38. The van der Waals surface area contributed by atoms with Crippen molar-refractivity contribution in [2.75, 3.05) is 0 Å². The molecule has 0 aromatic carbocycles. The first-order chi connectivity index (χ1) is 12.8. The largest absolute Gasteiger partial charge is 0.335 e. The van der Waals surface area contributed by atoms with Crippen LogP contribution in [0.25, 0.3) is 0 Å². The lowest BCUT2D eigenvalue weighted by Gasteiger charge is -2.18. The first kappa shape index (κ1) is 21.4. The molecule has 2 fully saturated rings. The second-order valence-corrected chi connectivity index (χ2v) is 7.89. The van der Waals surface area contributed by atoms with E-state index < -0.39 is 69.2 Å². The topological polar surface area (TPSA) is 182 Å². The summed E-state index contributed by atoms with van der Waals surface area (Å²) in [4.78, 5) is 79.4. The van der Waals surface area contributed by atoms with Gasteiger partial charge in [-0.1, -0.05) is 6.92 Å². The number of carbonyl (C=O) groups excluding carboxylic acids is 6. The highest BCUT2D eigenvalue weighted by molar-refractivity contribution is 7.87. The third kappa shape index (κ3) is 4.33. The Morgan fingerprint density at radius 2 is 1.61 bits per heavy atom. The van der Waals surface area contributed by atoms with Gasteiger partial charge in [-0.2, -0.15) is 8.42 Å². The zero-order valence-electron chi connectivity index (χ0n) is 14.7. The summed E-state index contributed by atoms with van der Waals surface area (Å²) < 4.78 is 31.0. The van der Waals surface area contributed by atoms with Crippen LogP contribution in [0, 0.1) is 11.8 Å². The Balaban J connectivity index is 1.99. The van der Waals surface area contributed by atoms with Gasteiger partial charge in [0.2, 0.25) is 0 Å². The quantitative estimate of drug-likeness (QED) is 0.383. The number of nitrogens with zero attached hydrogens (tertiary/aromatic N) is 2. The molecular formula is C14H16N2O11S. The van der Waals surface area contributed by atoms with Gasteiger partial charge in [0.25, 0.3) is 33.7 Å². The fourth-order valence-corrected chi connectivity index (χ4v) is 3.40. The van der Waals surface area contributed by atoms with Gasteiger partial charge in [-0.3, -0.25) is 23.7 Å². The summed E-state index contributed by atoms with van der Waals surface area (Å²) in [7, 11) is -4.85. The molecule has 2 heterocycles. The van der Waals surface area contributed by atoms with Gasteiger partial charge >= 0.3 is 11.9 Å². The highest BCUT2D eigenvalue weighted by Gasteiger charge is 2.49. The van der Waals surface area contributed by atoms with Gasteiger partial charge in [0, 0.05) is 13.3 Å². The molecule has 0 aliphatic carbocycles. The molecule has 0 aromatic rings. The Kier molecular flexibility index (Phi) is 5.84. The minimum absolute atomic E-state index is 0.0515. The van der Waals surface area contributed by atoms with E-state index in [4.69, 9.17) is 4.55 Å². The number of hydrogen-bond donors (Lipinski definition) is 1. The molecule has 2 saturated heterocycles. The van der Waals surface area contributed by atoms with Crippen molar-refractivity contribution >= 4 is 45.7 Å². The summed E-state index contributed by atoms with van der Waals surface area (Å²) in [6.45, 7) is 2.29. The Morgan fingerprint density at radius 3 is 2.11 bits per heavy atom. The van der Waals surface area contributed by atoms with Crippen molar-refractivity contribution in [3.05, 3.63) is 0 Å². The first-order valence-electron chi connectivity index (χ1n) is 7.93. The van der Waals surface area contributed by atoms with Gasteiger partial charge in [0.05, 0.1) is 18.3 Å². The van der Waals surface area contributed by atoms with E-state index in [-0.39, 0.29) is 17.9 Å². The van der Waals surface area contributed by atoms with Gasteiger partial charge < -0.3 is 9.68 Å².